The molecule has 0 radical (unpaired) electrons. The number of nitrogens with one attached hydrogen (secondary N) is 2. The van der Waals surface area contributed by atoms with E-state index in [0.29, 0.717) is 12.1 Å². The zero-order chi connectivity index (χ0) is 14.4. The Balaban J connectivity index is 2.07. The van der Waals surface area contributed by atoms with E-state index in [0.717, 1.165) is 30.0 Å². The number of carbonyl (C=O) groups is 1. The van der Waals surface area contributed by atoms with E-state index in [1.54, 1.807) is 6.26 Å². The lowest BCUT2D eigenvalue weighted by Crippen LogP contribution is -2.24. The number of rotatable bonds is 6. The van der Waals surface area contributed by atoms with Crippen LogP contribution < -0.4 is 10.6 Å². The lowest BCUT2D eigenvalue weighted by atomic mass is 10.1. The summed E-state index contributed by atoms with van der Waals surface area (Å²) >= 11 is 0. The van der Waals surface area contributed by atoms with Crippen LogP contribution in [0.25, 0.3) is 0 Å². The summed E-state index contributed by atoms with van der Waals surface area (Å²) in [6.07, 6.45) is 2.61. The van der Waals surface area contributed by atoms with E-state index in [2.05, 4.69) is 17.6 Å². The largest absolute Gasteiger partial charge is 0.467 e. The fourth-order valence-electron chi connectivity index (χ4n) is 1.94. The normalized spacial score (nSPS) is 10.3. The summed E-state index contributed by atoms with van der Waals surface area (Å²) in [5.41, 5.74) is 2.67. The van der Waals surface area contributed by atoms with Gasteiger partial charge in [-0.25, -0.2) is 0 Å². The number of benzene rings is 1. The average molecular weight is 272 g/mol. The van der Waals surface area contributed by atoms with Crippen LogP contribution in [0.1, 0.15) is 35.0 Å². The van der Waals surface area contributed by atoms with Gasteiger partial charge in [-0.1, -0.05) is 13.0 Å². The topological polar surface area (TPSA) is 54.3 Å². The van der Waals surface area contributed by atoms with Crippen LogP contribution in [-0.2, 0) is 6.54 Å². The van der Waals surface area contributed by atoms with E-state index >= 15 is 0 Å². The van der Waals surface area contributed by atoms with Crippen LogP contribution in [0.3, 0.4) is 0 Å². The van der Waals surface area contributed by atoms with Crippen molar-refractivity contribution < 1.29 is 9.21 Å². The molecule has 0 saturated heterocycles. The monoisotopic (exact) mass is 272 g/mol. The molecule has 2 N–H and O–H groups in total. The Bertz CT molecular complexity index is 562. The molecule has 0 aliphatic carbocycles. The first-order chi connectivity index (χ1) is 9.70. The van der Waals surface area contributed by atoms with Crippen molar-refractivity contribution in [2.45, 2.75) is 26.8 Å². The zero-order valence-corrected chi connectivity index (χ0v) is 11.9. The Morgan fingerprint density at radius 1 is 1.30 bits per heavy atom. The second-order valence-corrected chi connectivity index (χ2v) is 4.74. The Labute approximate surface area is 119 Å². The highest BCUT2D eigenvalue weighted by Gasteiger charge is 2.11. The maximum Gasteiger partial charge on any atom is 0.253 e. The van der Waals surface area contributed by atoms with Gasteiger partial charge in [0, 0.05) is 12.2 Å². The van der Waals surface area contributed by atoms with Gasteiger partial charge in [0.05, 0.1) is 18.4 Å². The molecule has 2 aromatic rings. The van der Waals surface area contributed by atoms with Crippen molar-refractivity contribution in [3.05, 3.63) is 53.5 Å². The van der Waals surface area contributed by atoms with Gasteiger partial charge in [-0.3, -0.25) is 4.79 Å². The van der Waals surface area contributed by atoms with E-state index in [9.17, 15) is 4.79 Å². The molecule has 0 atom stereocenters. The molecule has 0 aliphatic heterocycles. The standard InChI is InChI=1S/C16H20N2O2/c1-3-8-17-15-10-12(2)6-7-14(15)16(19)18-11-13-5-4-9-20-13/h4-7,9-10,17H,3,8,11H2,1-2H3,(H,18,19). The SMILES string of the molecule is CCCNc1cc(C)ccc1C(=O)NCc1ccco1. The Kier molecular flexibility index (Phi) is 4.82. The minimum absolute atomic E-state index is 0.0972. The summed E-state index contributed by atoms with van der Waals surface area (Å²) in [7, 11) is 0. The Hall–Kier alpha value is -2.23. The molecule has 0 aliphatic rings. The molecular formula is C16H20N2O2. The number of anilines is 1. The lowest BCUT2D eigenvalue weighted by Gasteiger charge is -2.12. The smallest absolute Gasteiger partial charge is 0.253 e. The number of furan rings is 1. The molecule has 1 heterocycles. The highest BCUT2D eigenvalue weighted by Crippen LogP contribution is 2.18. The second kappa shape index (κ2) is 6.80. The van der Waals surface area contributed by atoms with Crippen LogP contribution in [0, 0.1) is 6.92 Å². The van der Waals surface area contributed by atoms with Crippen LogP contribution in [0.15, 0.2) is 41.0 Å². The van der Waals surface area contributed by atoms with Crippen LogP contribution in [0.2, 0.25) is 0 Å². The second-order valence-electron chi connectivity index (χ2n) is 4.74. The van der Waals surface area contributed by atoms with Crippen molar-refractivity contribution in [2.24, 2.45) is 0 Å². The van der Waals surface area contributed by atoms with Crippen molar-refractivity contribution in [1.82, 2.24) is 5.32 Å². The van der Waals surface area contributed by atoms with E-state index in [4.69, 9.17) is 4.42 Å². The molecule has 0 unspecified atom stereocenters. The summed E-state index contributed by atoms with van der Waals surface area (Å²) < 4.78 is 5.20. The van der Waals surface area contributed by atoms with Crippen molar-refractivity contribution in [3.63, 3.8) is 0 Å². The minimum Gasteiger partial charge on any atom is -0.467 e. The van der Waals surface area contributed by atoms with Gasteiger partial charge in [-0.2, -0.15) is 0 Å². The fourth-order valence-corrected chi connectivity index (χ4v) is 1.94. The highest BCUT2D eigenvalue weighted by molar-refractivity contribution is 5.99. The highest BCUT2D eigenvalue weighted by atomic mass is 16.3. The molecule has 0 saturated carbocycles. The van der Waals surface area contributed by atoms with Crippen LogP contribution in [-0.4, -0.2) is 12.5 Å². The predicted molar refractivity (Wildman–Crippen MR) is 79.8 cm³/mol. The number of aryl methyl sites for hydroxylation is 1. The summed E-state index contributed by atoms with van der Waals surface area (Å²) in [5, 5.41) is 6.16. The quantitative estimate of drug-likeness (QED) is 0.848. The zero-order valence-electron chi connectivity index (χ0n) is 11.9. The summed E-state index contributed by atoms with van der Waals surface area (Å²) in [5.74, 6) is 0.647. The van der Waals surface area contributed by atoms with Gasteiger partial charge in [-0.15, -0.1) is 0 Å². The van der Waals surface area contributed by atoms with Gasteiger partial charge in [0.25, 0.3) is 5.91 Å². The molecule has 20 heavy (non-hydrogen) atoms. The Morgan fingerprint density at radius 3 is 2.85 bits per heavy atom. The van der Waals surface area contributed by atoms with E-state index in [-0.39, 0.29) is 5.91 Å². The van der Waals surface area contributed by atoms with Crippen LogP contribution in [0.5, 0.6) is 0 Å². The first-order valence-corrected chi connectivity index (χ1v) is 6.86. The van der Waals surface area contributed by atoms with Crippen LogP contribution >= 0.6 is 0 Å². The molecule has 1 aromatic heterocycles. The molecule has 4 nitrogen and oxygen atoms in total. The van der Waals surface area contributed by atoms with E-state index in [1.165, 1.54) is 0 Å². The molecule has 0 fully saturated rings. The molecular weight excluding hydrogens is 252 g/mol. The van der Waals surface area contributed by atoms with E-state index < -0.39 is 0 Å². The third-order valence-corrected chi connectivity index (χ3v) is 2.99. The predicted octanol–water partition coefficient (Wildman–Crippen LogP) is 3.34. The molecule has 1 aromatic carbocycles. The maximum atomic E-state index is 12.2. The van der Waals surface area contributed by atoms with Crippen LogP contribution in [0.4, 0.5) is 5.69 Å². The average Bonchev–Trinajstić information content (AvgIpc) is 2.96. The van der Waals surface area contributed by atoms with Gasteiger partial charge in [0.15, 0.2) is 0 Å². The van der Waals surface area contributed by atoms with Crippen molar-refractivity contribution in [3.8, 4) is 0 Å². The third-order valence-electron chi connectivity index (χ3n) is 2.99. The molecule has 1 amide bonds. The first kappa shape index (κ1) is 14.2. The number of hydrogen-bond acceptors (Lipinski definition) is 3. The summed E-state index contributed by atoms with van der Waals surface area (Å²) in [4.78, 5) is 12.2. The molecule has 0 bridgehead atoms. The number of hydrogen-bond donors (Lipinski definition) is 2. The van der Waals surface area contributed by atoms with Gasteiger partial charge in [-0.05, 0) is 43.2 Å². The van der Waals surface area contributed by atoms with Crippen molar-refractivity contribution in [1.29, 1.82) is 0 Å². The number of amides is 1. The maximum absolute atomic E-state index is 12.2. The number of carbonyl (C=O) groups excluding carboxylic acids is 1. The first-order valence-electron chi connectivity index (χ1n) is 6.86. The van der Waals surface area contributed by atoms with E-state index in [1.807, 2.05) is 37.3 Å². The van der Waals surface area contributed by atoms with Crippen molar-refractivity contribution in [2.75, 3.05) is 11.9 Å². The van der Waals surface area contributed by atoms with Gasteiger partial charge in [0.2, 0.25) is 0 Å². The summed E-state index contributed by atoms with van der Waals surface area (Å²) in [6, 6.07) is 9.44. The molecule has 0 spiro atoms. The van der Waals surface area contributed by atoms with Crippen molar-refractivity contribution >= 4 is 11.6 Å². The van der Waals surface area contributed by atoms with Gasteiger partial charge < -0.3 is 15.1 Å². The molecule has 4 heteroatoms. The fraction of sp³-hybridized carbons (Fsp3) is 0.312. The Morgan fingerprint density at radius 2 is 2.15 bits per heavy atom. The third kappa shape index (κ3) is 3.63. The lowest BCUT2D eigenvalue weighted by molar-refractivity contribution is 0.0949. The van der Waals surface area contributed by atoms with Gasteiger partial charge in [0.1, 0.15) is 5.76 Å². The molecule has 106 valence electrons. The van der Waals surface area contributed by atoms with Gasteiger partial charge >= 0.3 is 0 Å². The minimum atomic E-state index is -0.0972. The molecule has 2 rings (SSSR count). The summed E-state index contributed by atoms with van der Waals surface area (Å²) in [6.45, 7) is 5.36.